The van der Waals surface area contributed by atoms with Gasteiger partial charge in [0.2, 0.25) is 0 Å². The monoisotopic (exact) mass is 449 g/mol. The van der Waals surface area contributed by atoms with Gasteiger partial charge in [-0.15, -0.1) is 0 Å². The molecule has 0 fully saturated rings. The highest BCUT2D eigenvalue weighted by Crippen LogP contribution is 2.40. The molecule has 164 valence electrons. The number of methoxy groups -OCH3 is 1. The van der Waals surface area contributed by atoms with Crippen molar-refractivity contribution in [1.82, 2.24) is 4.98 Å². The number of amidine groups is 1. The van der Waals surface area contributed by atoms with Crippen molar-refractivity contribution < 1.29 is 14.2 Å². The maximum absolute atomic E-state index is 7.74. The van der Waals surface area contributed by atoms with Crippen LogP contribution in [0.3, 0.4) is 0 Å². The van der Waals surface area contributed by atoms with Gasteiger partial charge >= 0.3 is 0 Å². The standard InChI is InChI=1S/C25H24ClN3O3/c1-30-10-11-31-15-32-24-18(16-6-3-2-4-7-16)8-5-9-19(24)23-13-17-12-20(25(27)28)21(26)14-22(17)29-23/h2-9,12-14,29H,10-11,15H2,1H3,(H3,27,28). The highest BCUT2D eigenvalue weighted by atomic mass is 35.5. The molecule has 1 heterocycles. The number of nitrogen functional groups attached to an aromatic ring is 1. The first-order chi connectivity index (χ1) is 15.6. The molecule has 3 aromatic carbocycles. The molecule has 4 N–H and O–H groups in total. The van der Waals surface area contributed by atoms with Gasteiger partial charge in [-0.3, -0.25) is 5.41 Å². The van der Waals surface area contributed by atoms with Crippen molar-refractivity contribution in [3.8, 4) is 28.1 Å². The van der Waals surface area contributed by atoms with Crippen molar-refractivity contribution in [1.29, 1.82) is 5.41 Å². The predicted octanol–water partition coefficient (Wildman–Crippen LogP) is 5.44. The van der Waals surface area contributed by atoms with E-state index in [0.717, 1.165) is 33.3 Å². The Hall–Kier alpha value is -3.32. The van der Waals surface area contributed by atoms with Gasteiger partial charge in [0, 0.05) is 34.7 Å². The minimum atomic E-state index is -0.0667. The summed E-state index contributed by atoms with van der Waals surface area (Å²) in [6, 6.07) is 21.7. The fourth-order valence-electron chi connectivity index (χ4n) is 3.56. The van der Waals surface area contributed by atoms with Crippen LogP contribution in [0.25, 0.3) is 33.3 Å². The SMILES string of the molecule is COCCOCOc1c(-c2ccccc2)cccc1-c1cc2cc(C(=N)N)c(Cl)cc2[nH]1. The van der Waals surface area contributed by atoms with Crippen LogP contribution in [0.2, 0.25) is 5.02 Å². The Bertz CT molecular complexity index is 1240. The average Bonchev–Trinajstić information content (AvgIpc) is 3.21. The van der Waals surface area contributed by atoms with E-state index in [1.54, 1.807) is 13.2 Å². The van der Waals surface area contributed by atoms with Crippen LogP contribution in [0.1, 0.15) is 5.56 Å². The van der Waals surface area contributed by atoms with Crippen molar-refractivity contribution in [3.63, 3.8) is 0 Å². The van der Waals surface area contributed by atoms with Gasteiger partial charge < -0.3 is 24.9 Å². The number of para-hydroxylation sites is 1. The predicted molar refractivity (Wildman–Crippen MR) is 129 cm³/mol. The van der Waals surface area contributed by atoms with E-state index in [0.29, 0.717) is 29.5 Å². The number of benzene rings is 3. The lowest BCUT2D eigenvalue weighted by atomic mass is 10.00. The number of hydrogen-bond acceptors (Lipinski definition) is 4. The highest BCUT2D eigenvalue weighted by molar-refractivity contribution is 6.34. The van der Waals surface area contributed by atoms with Gasteiger partial charge in [0.1, 0.15) is 11.6 Å². The van der Waals surface area contributed by atoms with Crippen LogP contribution in [0.4, 0.5) is 0 Å². The summed E-state index contributed by atoms with van der Waals surface area (Å²) < 4.78 is 16.7. The number of hydrogen-bond donors (Lipinski definition) is 3. The van der Waals surface area contributed by atoms with Gasteiger partial charge in [-0.25, -0.2) is 0 Å². The summed E-state index contributed by atoms with van der Waals surface area (Å²) in [4.78, 5) is 3.41. The first kappa shape index (κ1) is 21.9. The molecule has 0 amide bonds. The van der Waals surface area contributed by atoms with Crippen LogP contribution in [-0.4, -0.2) is 37.9 Å². The Morgan fingerprint density at radius 2 is 1.78 bits per heavy atom. The summed E-state index contributed by atoms with van der Waals surface area (Å²) in [7, 11) is 1.63. The van der Waals surface area contributed by atoms with E-state index in [1.165, 1.54) is 0 Å². The summed E-state index contributed by atoms with van der Waals surface area (Å²) in [6.07, 6.45) is 0. The number of aromatic amines is 1. The van der Waals surface area contributed by atoms with Crippen molar-refractivity contribution in [2.24, 2.45) is 5.73 Å². The van der Waals surface area contributed by atoms with E-state index in [4.69, 9.17) is 37.0 Å². The Balaban J connectivity index is 1.78. The van der Waals surface area contributed by atoms with E-state index < -0.39 is 0 Å². The lowest BCUT2D eigenvalue weighted by Gasteiger charge is -2.16. The molecule has 0 aliphatic carbocycles. The molecule has 0 aliphatic heterocycles. The number of nitrogens with one attached hydrogen (secondary N) is 2. The average molecular weight is 450 g/mol. The molecule has 6 nitrogen and oxygen atoms in total. The summed E-state index contributed by atoms with van der Waals surface area (Å²) in [5, 5.41) is 9.08. The number of nitrogens with two attached hydrogens (primary N) is 1. The van der Waals surface area contributed by atoms with Crippen LogP contribution in [0.5, 0.6) is 5.75 Å². The van der Waals surface area contributed by atoms with E-state index in [9.17, 15) is 0 Å². The van der Waals surface area contributed by atoms with Crippen LogP contribution in [0.15, 0.2) is 66.7 Å². The molecule has 32 heavy (non-hydrogen) atoms. The topological polar surface area (TPSA) is 93.3 Å². The molecule has 0 unspecified atom stereocenters. The quantitative estimate of drug-likeness (QED) is 0.137. The van der Waals surface area contributed by atoms with Gasteiger partial charge in [-0.2, -0.15) is 0 Å². The summed E-state index contributed by atoms with van der Waals surface area (Å²) in [5.74, 6) is 0.642. The summed E-state index contributed by atoms with van der Waals surface area (Å²) in [5.41, 5.74) is 10.8. The van der Waals surface area contributed by atoms with Gasteiger partial charge in [-0.05, 0) is 29.8 Å². The maximum Gasteiger partial charge on any atom is 0.189 e. The molecular formula is C25H24ClN3O3. The van der Waals surface area contributed by atoms with Gasteiger partial charge in [-0.1, -0.05) is 54.1 Å². The molecule has 4 aromatic rings. The van der Waals surface area contributed by atoms with Gasteiger partial charge in [0.05, 0.1) is 23.9 Å². The van der Waals surface area contributed by atoms with Gasteiger partial charge in [0.25, 0.3) is 0 Å². The second-order valence-corrected chi connectivity index (χ2v) is 7.63. The second-order valence-electron chi connectivity index (χ2n) is 7.23. The molecule has 0 spiro atoms. The molecule has 0 aliphatic rings. The molecule has 7 heteroatoms. The number of fused-ring (bicyclic) bond motifs is 1. The summed E-state index contributed by atoms with van der Waals surface area (Å²) in [6.45, 7) is 1.04. The highest BCUT2D eigenvalue weighted by Gasteiger charge is 2.16. The minimum Gasteiger partial charge on any atom is -0.466 e. The van der Waals surface area contributed by atoms with E-state index in [2.05, 4.69) is 4.98 Å². The Morgan fingerprint density at radius 3 is 2.53 bits per heavy atom. The Morgan fingerprint density at radius 1 is 1.00 bits per heavy atom. The third-order valence-corrected chi connectivity index (χ3v) is 5.42. The number of aromatic nitrogens is 1. The van der Waals surface area contributed by atoms with Crippen LogP contribution < -0.4 is 10.5 Å². The number of ether oxygens (including phenoxy) is 3. The fourth-order valence-corrected chi connectivity index (χ4v) is 3.82. The molecular weight excluding hydrogens is 426 g/mol. The molecule has 0 radical (unpaired) electrons. The summed E-state index contributed by atoms with van der Waals surface area (Å²) >= 11 is 6.31. The van der Waals surface area contributed by atoms with E-state index in [-0.39, 0.29) is 12.6 Å². The smallest absolute Gasteiger partial charge is 0.189 e. The third kappa shape index (κ3) is 4.62. The van der Waals surface area contributed by atoms with Crippen molar-refractivity contribution in [2.75, 3.05) is 27.1 Å². The van der Waals surface area contributed by atoms with Crippen LogP contribution >= 0.6 is 11.6 Å². The zero-order chi connectivity index (χ0) is 22.5. The Kier molecular flexibility index (Phi) is 6.75. The maximum atomic E-state index is 7.74. The fraction of sp³-hybridized carbons (Fsp3) is 0.160. The van der Waals surface area contributed by atoms with Gasteiger partial charge in [0.15, 0.2) is 6.79 Å². The molecule has 0 saturated carbocycles. The minimum absolute atomic E-state index is 0.0667. The first-order valence-electron chi connectivity index (χ1n) is 10.1. The number of rotatable bonds is 9. The normalized spacial score (nSPS) is 11.1. The zero-order valence-corrected chi connectivity index (χ0v) is 18.4. The second kappa shape index (κ2) is 9.87. The van der Waals surface area contributed by atoms with E-state index >= 15 is 0 Å². The lowest BCUT2D eigenvalue weighted by molar-refractivity contribution is -0.00797. The molecule has 1 aromatic heterocycles. The zero-order valence-electron chi connectivity index (χ0n) is 17.7. The largest absolute Gasteiger partial charge is 0.466 e. The lowest BCUT2D eigenvalue weighted by Crippen LogP contribution is -2.11. The first-order valence-corrected chi connectivity index (χ1v) is 10.5. The molecule has 0 atom stereocenters. The van der Waals surface area contributed by atoms with Crippen molar-refractivity contribution >= 4 is 28.3 Å². The van der Waals surface area contributed by atoms with Crippen molar-refractivity contribution in [3.05, 3.63) is 77.3 Å². The molecule has 0 saturated heterocycles. The van der Waals surface area contributed by atoms with Crippen LogP contribution in [-0.2, 0) is 9.47 Å². The molecule has 0 bridgehead atoms. The number of halogens is 1. The number of H-pyrrole nitrogens is 1. The Labute approximate surface area is 191 Å². The van der Waals surface area contributed by atoms with E-state index in [1.807, 2.05) is 60.7 Å². The molecule has 4 rings (SSSR count). The van der Waals surface area contributed by atoms with Crippen molar-refractivity contribution in [2.45, 2.75) is 0 Å². The third-order valence-electron chi connectivity index (χ3n) is 5.11. The van der Waals surface area contributed by atoms with Crippen LogP contribution in [0, 0.1) is 5.41 Å².